The number of hydrogen-bond acceptors (Lipinski definition) is 8. The van der Waals surface area contributed by atoms with Gasteiger partial charge in [0.15, 0.2) is 5.01 Å². The second-order valence-corrected chi connectivity index (χ2v) is 10.4. The molecular formula is C24H30F3N5O4S. The monoisotopic (exact) mass is 541 g/mol. The molecule has 2 amide bonds. The highest BCUT2D eigenvalue weighted by molar-refractivity contribution is 7.17. The number of ether oxygens (including phenoxy) is 1. The summed E-state index contributed by atoms with van der Waals surface area (Å²) in [5.74, 6) is -0.803. The number of pyridine rings is 1. The SMILES string of the molecule is CC[C@H](Nc1cc(C)c(-c2sc(C(=O)N[C@H]3COC[C@H]3O)nc2C(=O)N2CCC[C@@H]2C)cn1)C(F)(F)F. The molecular weight excluding hydrogens is 511 g/mol. The van der Waals surface area contributed by atoms with Gasteiger partial charge in [0.25, 0.3) is 11.8 Å². The highest BCUT2D eigenvalue weighted by atomic mass is 32.1. The van der Waals surface area contributed by atoms with Gasteiger partial charge in [0.2, 0.25) is 0 Å². The normalized spacial score (nSPS) is 22.8. The van der Waals surface area contributed by atoms with Crippen molar-refractivity contribution >= 4 is 29.0 Å². The largest absolute Gasteiger partial charge is 0.408 e. The smallest absolute Gasteiger partial charge is 0.388 e. The minimum absolute atomic E-state index is 0.0178. The lowest BCUT2D eigenvalue weighted by Gasteiger charge is -2.22. The summed E-state index contributed by atoms with van der Waals surface area (Å²) in [6.07, 6.45) is -2.31. The minimum Gasteiger partial charge on any atom is -0.388 e. The summed E-state index contributed by atoms with van der Waals surface area (Å²) in [4.78, 5) is 37.1. The van der Waals surface area contributed by atoms with E-state index in [2.05, 4.69) is 20.6 Å². The molecule has 2 fully saturated rings. The molecule has 0 spiro atoms. The molecule has 2 saturated heterocycles. The lowest BCUT2D eigenvalue weighted by molar-refractivity contribution is -0.142. The number of halogens is 3. The lowest BCUT2D eigenvalue weighted by Crippen LogP contribution is -2.42. The average molecular weight is 542 g/mol. The molecule has 202 valence electrons. The Kier molecular flexibility index (Phi) is 8.05. The van der Waals surface area contributed by atoms with Gasteiger partial charge in [0, 0.05) is 24.3 Å². The first-order valence-electron chi connectivity index (χ1n) is 12.2. The number of carbonyl (C=O) groups excluding carboxylic acids is 2. The molecule has 2 aromatic heterocycles. The number of aliphatic hydroxyl groups is 1. The molecule has 0 bridgehead atoms. The zero-order valence-corrected chi connectivity index (χ0v) is 21.6. The molecule has 0 aliphatic carbocycles. The van der Waals surface area contributed by atoms with E-state index in [0.717, 1.165) is 24.2 Å². The third-order valence-corrected chi connectivity index (χ3v) is 7.77. The Morgan fingerprint density at radius 1 is 1.35 bits per heavy atom. The van der Waals surface area contributed by atoms with E-state index >= 15 is 0 Å². The standard InChI is InChI=1S/C24H30F3N5O4S/c1-4-17(24(25,26)27)30-18-8-12(2)14(9-28-18)20-19(23(35)32-7-5-6-13(32)3)31-22(37-20)21(34)29-15-10-36-11-16(15)33/h8-9,13,15-17,33H,4-7,10-11H2,1-3H3,(H,28,30)(H,29,34)/t13-,15-,16+,17-/m0/s1. The van der Waals surface area contributed by atoms with Gasteiger partial charge in [-0.15, -0.1) is 11.3 Å². The van der Waals surface area contributed by atoms with Gasteiger partial charge < -0.3 is 25.4 Å². The first-order valence-corrected chi connectivity index (χ1v) is 13.0. The topological polar surface area (TPSA) is 117 Å². The van der Waals surface area contributed by atoms with Crippen molar-refractivity contribution < 1.29 is 32.6 Å². The quantitative estimate of drug-likeness (QED) is 0.492. The Bertz CT molecular complexity index is 1160. The van der Waals surface area contributed by atoms with Gasteiger partial charge >= 0.3 is 6.18 Å². The molecule has 4 rings (SSSR count). The fourth-order valence-electron chi connectivity index (χ4n) is 4.49. The van der Waals surface area contributed by atoms with Crippen molar-refractivity contribution in [1.29, 1.82) is 0 Å². The van der Waals surface area contributed by atoms with Crippen molar-refractivity contribution in [2.45, 2.75) is 70.4 Å². The van der Waals surface area contributed by atoms with Gasteiger partial charge in [-0.05, 0) is 44.7 Å². The van der Waals surface area contributed by atoms with Crippen LogP contribution in [0.25, 0.3) is 10.4 Å². The maximum absolute atomic E-state index is 13.5. The molecule has 0 saturated carbocycles. The minimum atomic E-state index is -4.42. The van der Waals surface area contributed by atoms with Crippen molar-refractivity contribution in [3.63, 3.8) is 0 Å². The van der Waals surface area contributed by atoms with E-state index in [1.807, 2.05) is 6.92 Å². The molecule has 9 nitrogen and oxygen atoms in total. The Balaban J connectivity index is 1.67. The number of alkyl halides is 3. The van der Waals surface area contributed by atoms with Crippen LogP contribution in [0.4, 0.5) is 19.0 Å². The maximum Gasteiger partial charge on any atom is 0.408 e. The van der Waals surface area contributed by atoms with Gasteiger partial charge in [-0.2, -0.15) is 13.2 Å². The van der Waals surface area contributed by atoms with Crippen molar-refractivity contribution in [1.82, 2.24) is 20.2 Å². The van der Waals surface area contributed by atoms with E-state index in [1.54, 1.807) is 11.8 Å². The second kappa shape index (κ2) is 10.9. The van der Waals surface area contributed by atoms with Crippen LogP contribution in [0, 0.1) is 6.92 Å². The Labute approximate surface area is 216 Å². The molecule has 4 atom stereocenters. The van der Waals surface area contributed by atoms with Gasteiger partial charge in [0.1, 0.15) is 17.6 Å². The van der Waals surface area contributed by atoms with Gasteiger partial charge in [-0.3, -0.25) is 9.59 Å². The summed E-state index contributed by atoms with van der Waals surface area (Å²) in [5, 5.41) is 15.1. The number of rotatable bonds is 7. The Morgan fingerprint density at radius 3 is 2.68 bits per heavy atom. The van der Waals surface area contributed by atoms with Crippen LogP contribution in [-0.2, 0) is 4.74 Å². The summed E-state index contributed by atoms with van der Waals surface area (Å²) >= 11 is 1.00. The first kappa shape index (κ1) is 27.3. The summed E-state index contributed by atoms with van der Waals surface area (Å²) in [6, 6.07) is -0.828. The molecule has 37 heavy (non-hydrogen) atoms. The second-order valence-electron chi connectivity index (χ2n) is 9.40. The Morgan fingerprint density at radius 2 is 2.11 bits per heavy atom. The maximum atomic E-state index is 13.5. The third kappa shape index (κ3) is 5.88. The van der Waals surface area contributed by atoms with Crippen LogP contribution < -0.4 is 10.6 Å². The molecule has 0 aromatic carbocycles. The van der Waals surface area contributed by atoms with E-state index in [9.17, 15) is 27.9 Å². The predicted octanol–water partition coefficient (Wildman–Crippen LogP) is 3.38. The van der Waals surface area contributed by atoms with Crippen LogP contribution >= 0.6 is 11.3 Å². The number of nitrogens with zero attached hydrogens (tertiary/aromatic N) is 3. The van der Waals surface area contributed by atoms with Crippen LogP contribution in [0.1, 0.15) is 59.0 Å². The number of amides is 2. The lowest BCUT2D eigenvalue weighted by atomic mass is 10.1. The van der Waals surface area contributed by atoms with Gasteiger partial charge in [-0.25, -0.2) is 9.97 Å². The molecule has 0 radical (unpaired) electrons. The summed E-state index contributed by atoms with van der Waals surface area (Å²) < 4.78 is 44.8. The molecule has 13 heteroatoms. The molecule has 4 heterocycles. The number of hydrogen-bond donors (Lipinski definition) is 3. The number of carbonyl (C=O) groups is 2. The highest BCUT2D eigenvalue weighted by Gasteiger charge is 2.39. The fourth-order valence-corrected chi connectivity index (χ4v) is 5.53. The zero-order chi connectivity index (χ0) is 26.9. The number of thiazole rings is 1. The fraction of sp³-hybridized carbons (Fsp3) is 0.583. The molecule has 2 aliphatic heterocycles. The average Bonchev–Trinajstić information content (AvgIpc) is 3.57. The van der Waals surface area contributed by atoms with Crippen molar-refractivity contribution in [2.24, 2.45) is 0 Å². The van der Waals surface area contributed by atoms with Crippen molar-refractivity contribution in [3.05, 3.63) is 28.5 Å². The van der Waals surface area contributed by atoms with Crippen molar-refractivity contribution in [2.75, 3.05) is 25.1 Å². The Hall–Kier alpha value is -2.77. The zero-order valence-electron chi connectivity index (χ0n) is 20.8. The molecule has 3 N–H and O–H groups in total. The number of anilines is 1. The van der Waals surface area contributed by atoms with E-state index in [4.69, 9.17) is 4.74 Å². The molecule has 2 aromatic rings. The van der Waals surface area contributed by atoms with Gasteiger partial charge in [-0.1, -0.05) is 6.92 Å². The number of likely N-dealkylation sites (tertiary alicyclic amines) is 1. The molecule has 0 unspecified atom stereocenters. The summed E-state index contributed by atoms with van der Waals surface area (Å²) in [5.41, 5.74) is 1.18. The van der Waals surface area contributed by atoms with Crippen LogP contribution in [0.5, 0.6) is 0 Å². The van der Waals surface area contributed by atoms with Crippen LogP contribution in [0.15, 0.2) is 12.3 Å². The number of nitrogens with one attached hydrogen (secondary N) is 2. The number of aromatic nitrogens is 2. The number of aryl methyl sites for hydroxylation is 1. The van der Waals surface area contributed by atoms with Crippen LogP contribution in [-0.4, -0.2) is 82.0 Å². The van der Waals surface area contributed by atoms with E-state index in [1.165, 1.54) is 19.2 Å². The van der Waals surface area contributed by atoms with E-state index in [-0.39, 0.29) is 48.1 Å². The van der Waals surface area contributed by atoms with E-state index < -0.39 is 30.3 Å². The van der Waals surface area contributed by atoms with Crippen LogP contribution in [0.2, 0.25) is 0 Å². The first-order chi connectivity index (χ1) is 17.5. The molecule has 2 aliphatic rings. The summed E-state index contributed by atoms with van der Waals surface area (Å²) in [7, 11) is 0. The third-order valence-electron chi connectivity index (χ3n) is 6.69. The highest BCUT2D eigenvalue weighted by Crippen LogP contribution is 2.35. The van der Waals surface area contributed by atoms with Gasteiger partial charge in [0.05, 0.1) is 30.2 Å². The van der Waals surface area contributed by atoms with E-state index in [0.29, 0.717) is 22.5 Å². The van der Waals surface area contributed by atoms with Crippen molar-refractivity contribution in [3.8, 4) is 10.4 Å². The number of aliphatic hydroxyl groups excluding tert-OH is 1. The van der Waals surface area contributed by atoms with Crippen LogP contribution in [0.3, 0.4) is 0 Å². The summed E-state index contributed by atoms with van der Waals surface area (Å²) in [6.45, 7) is 5.93. The predicted molar refractivity (Wildman–Crippen MR) is 132 cm³/mol.